The molecule has 102 valence electrons. The summed E-state index contributed by atoms with van der Waals surface area (Å²) < 4.78 is 13.7. The topological polar surface area (TPSA) is 68.0 Å². The van der Waals surface area contributed by atoms with E-state index in [-0.39, 0.29) is 11.4 Å². The van der Waals surface area contributed by atoms with Gasteiger partial charge in [-0.3, -0.25) is 4.79 Å². The number of aromatic nitrogens is 1. The largest absolute Gasteiger partial charge is 0.381 e. The second-order valence-electron chi connectivity index (χ2n) is 4.87. The van der Waals surface area contributed by atoms with Crippen LogP contribution in [-0.2, 0) is 6.42 Å². The summed E-state index contributed by atoms with van der Waals surface area (Å²) >= 11 is 0. The second kappa shape index (κ2) is 4.92. The van der Waals surface area contributed by atoms with Crippen molar-refractivity contribution in [1.29, 1.82) is 0 Å². The van der Waals surface area contributed by atoms with Crippen LogP contribution in [0.5, 0.6) is 0 Å². The fourth-order valence-electron chi connectivity index (χ4n) is 2.49. The number of rotatable bonds is 3. The van der Waals surface area contributed by atoms with E-state index in [1.807, 2.05) is 12.1 Å². The van der Waals surface area contributed by atoms with Crippen LogP contribution in [-0.4, -0.2) is 17.4 Å². The van der Waals surface area contributed by atoms with Gasteiger partial charge in [0.1, 0.15) is 0 Å². The van der Waals surface area contributed by atoms with E-state index in [4.69, 9.17) is 5.73 Å². The first-order chi connectivity index (χ1) is 9.66. The van der Waals surface area contributed by atoms with Crippen LogP contribution in [0.3, 0.4) is 0 Å². The molecule has 1 aliphatic rings. The molecule has 0 bridgehead atoms. The van der Waals surface area contributed by atoms with Crippen LogP contribution in [0.4, 0.5) is 10.2 Å². The van der Waals surface area contributed by atoms with Gasteiger partial charge in [0.15, 0.2) is 11.6 Å². The third-order valence-corrected chi connectivity index (χ3v) is 3.63. The second-order valence-corrected chi connectivity index (χ2v) is 4.87. The number of hydrogen-bond acceptors (Lipinski definition) is 3. The summed E-state index contributed by atoms with van der Waals surface area (Å²) in [7, 11) is 0. The van der Waals surface area contributed by atoms with Gasteiger partial charge in [-0.05, 0) is 23.6 Å². The van der Waals surface area contributed by atoms with Crippen molar-refractivity contribution in [1.82, 2.24) is 10.3 Å². The van der Waals surface area contributed by atoms with Crippen molar-refractivity contribution in [2.45, 2.75) is 12.3 Å². The molecule has 1 heterocycles. The van der Waals surface area contributed by atoms with Crippen molar-refractivity contribution >= 4 is 11.7 Å². The van der Waals surface area contributed by atoms with E-state index >= 15 is 0 Å². The van der Waals surface area contributed by atoms with Crippen molar-refractivity contribution in [3.63, 3.8) is 0 Å². The van der Waals surface area contributed by atoms with Crippen LogP contribution in [0.25, 0.3) is 0 Å². The Morgan fingerprint density at radius 3 is 3.00 bits per heavy atom. The molecule has 0 fully saturated rings. The maximum absolute atomic E-state index is 13.7. The Balaban J connectivity index is 1.65. The third kappa shape index (κ3) is 2.11. The maximum atomic E-state index is 13.7. The quantitative estimate of drug-likeness (QED) is 0.895. The summed E-state index contributed by atoms with van der Waals surface area (Å²) in [6, 6.07) is 9.45. The number of hydrogen-bond donors (Lipinski definition) is 2. The van der Waals surface area contributed by atoms with Gasteiger partial charge in [-0.1, -0.05) is 24.3 Å². The first-order valence-electron chi connectivity index (χ1n) is 6.43. The molecule has 0 aliphatic heterocycles. The predicted molar refractivity (Wildman–Crippen MR) is 73.8 cm³/mol. The van der Waals surface area contributed by atoms with E-state index in [0.717, 1.165) is 6.42 Å². The normalized spacial score (nSPS) is 16.1. The van der Waals surface area contributed by atoms with Gasteiger partial charge in [-0.15, -0.1) is 0 Å². The zero-order valence-corrected chi connectivity index (χ0v) is 10.8. The molecule has 0 saturated heterocycles. The number of nitrogens with two attached hydrogens (primary N) is 1. The Labute approximate surface area is 115 Å². The highest BCUT2D eigenvalue weighted by atomic mass is 19.1. The van der Waals surface area contributed by atoms with Gasteiger partial charge in [-0.25, -0.2) is 9.37 Å². The van der Waals surface area contributed by atoms with E-state index in [2.05, 4.69) is 22.4 Å². The lowest BCUT2D eigenvalue weighted by molar-refractivity contribution is 0.0946. The zero-order valence-electron chi connectivity index (χ0n) is 10.8. The summed E-state index contributed by atoms with van der Waals surface area (Å²) in [5, 5.41) is 2.75. The van der Waals surface area contributed by atoms with Crippen LogP contribution < -0.4 is 11.1 Å². The first-order valence-corrected chi connectivity index (χ1v) is 6.43. The summed E-state index contributed by atoms with van der Waals surface area (Å²) in [6.07, 6.45) is 2.27. The number of nitrogens with zero attached hydrogens (tertiary/aromatic N) is 1. The molecule has 1 atom stereocenters. The monoisotopic (exact) mass is 271 g/mol. The minimum Gasteiger partial charge on any atom is -0.381 e. The predicted octanol–water partition coefficient (Wildman–Crippen LogP) is 1.87. The standard InChI is InChI=1S/C15H14FN3O/c16-13-12(5-6-18-14(13)17)15(20)19-8-10-7-9-3-1-2-4-11(9)10/h1-6,10H,7-8H2,(H2,17,18)(H,19,20). The van der Waals surface area contributed by atoms with Gasteiger partial charge in [0.05, 0.1) is 5.56 Å². The van der Waals surface area contributed by atoms with Crippen LogP contribution >= 0.6 is 0 Å². The van der Waals surface area contributed by atoms with E-state index in [0.29, 0.717) is 12.5 Å². The van der Waals surface area contributed by atoms with Crippen LogP contribution in [0, 0.1) is 5.82 Å². The number of halogens is 1. The Morgan fingerprint density at radius 2 is 2.20 bits per heavy atom. The van der Waals surface area contributed by atoms with E-state index in [1.54, 1.807) is 0 Å². The lowest BCUT2D eigenvalue weighted by Gasteiger charge is -2.30. The molecular weight excluding hydrogens is 257 g/mol. The molecular formula is C15H14FN3O. The first kappa shape index (κ1) is 12.6. The lowest BCUT2D eigenvalue weighted by atomic mass is 9.77. The molecule has 3 N–H and O–H groups in total. The van der Waals surface area contributed by atoms with Crippen molar-refractivity contribution in [2.24, 2.45) is 0 Å². The minimum atomic E-state index is -0.765. The smallest absolute Gasteiger partial charge is 0.254 e. The number of nitrogens with one attached hydrogen (secondary N) is 1. The third-order valence-electron chi connectivity index (χ3n) is 3.63. The SMILES string of the molecule is Nc1nccc(C(=O)NCC2Cc3ccccc32)c1F. The van der Waals surface area contributed by atoms with E-state index in [1.165, 1.54) is 23.4 Å². The fraction of sp³-hybridized carbons (Fsp3) is 0.200. The van der Waals surface area contributed by atoms with Gasteiger partial charge in [0, 0.05) is 18.7 Å². The molecule has 1 aliphatic carbocycles. The Hall–Kier alpha value is -2.43. The fourth-order valence-corrected chi connectivity index (χ4v) is 2.49. The highest BCUT2D eigenvalue weighted by Crippen LogP contribution is 2.34. The molecule has 1 amide bonds. The molecule has 0 spiro atoms. The number of carbonyl (C=O) groups excluding carboxylic acids is 1. The van der Waals surface area contributed by atoms with Crippen molar-refractivity contribution in [3.8, 4) is 0 Å². The highest BCUT2D eigenvalue weighted by Gasteiger charge is 2.26. The maximum Gasteiger partial charge on any atom is 0.254 e. The number of amides is 1. The Bertz CT molecular complexity index is 672. The molecule has 0 saturated carbocycles. The number of fused-ring (bicyclic) bond motifs is 1. The van der Waals surface area contributed by atoms with Gasteiger partial charge < -0.3 is 11.1 Å². The van der Waals surface area contributed by atoms with Gasteiger partial charge in [0.25, 0.3) is 5.91 Å². The lowest BCUT2D eigenvalue weighted by Crippen LogP contribution is -2.33. The molecule has 5 heteroatoms. The van der Waals surface area contributed by atoms with Crippen molar-refractivity contribution in [2.75, 3.05) is 12.3 Å². The van der Waals surface area contributed by atoms with Gasteiger partial charge in [0.2, 0.25) is 0 Å². The molecule has 20 heavy (non-hydrogen) atoms. The molecule has 1 aromatic heterocycles. The Kier molecular flexibility index (Phi) is 3.10. The van der Waals surface area contributed by atoms with Crippen LogP contribution in [0.2, 0.25) is 0 Å². The van der Waals surface area contributed by atoms with Crippen LogP contribution in [0.1, 0.15) is 27.4 Å². The summed E-state index contributed by atoms with van der Waals surface area (Å²) in [6.45, 7) is 0.498. The molecule has 0 radical (unpaired) electrons. The number of pyridine rings is 1. The van der Waals surface area contributed by atoms with Gasteiger partial charge >= 0.3 is 0 Å². The summed E-state index contributed by atoms with van der Waals surface area (Å²) in [5.41, 5.74) is 7.85. The molecule has 3 rings (SSSR count). The number of anilines is 1. The van der Waals surface area contributed by atoms with E-state index in [9.17, 15) is 9.18 Å². The minimum absolute atomic E-state index is 0.0647. The number of carbonyl (C=O) groups is 1. The molecule has 1 aromatic carbocycles. The van der Waals surface area contributed by atoms with Crippen molar-refractivity contribution < 1.29 is 9.18 Å². The highest BCUT2D eigenvalue weighted by molar-refractivity contribution is 5.95. The number of benzene rings is 1. The molecule has 2 aromatic rings. The van der Waals surface area contributed by atoms with Gasteiger partial charge in [-0.2, -0.15) is 0 Å². The summed E-state index contributed by atoms with van der Waals surface area (Å²) in [4.78, 5) is 15.5. The Morgan fingerprint density at radius 1 is 1.40 bits per heavy atom. The molecule has 1 unspecified atom stereocenters. The van der Waals surface area contributed by atoms with E-state index < -0.39 is 11.7 Å². The number of nitrogen functional groups attached to an aromatic ring is 1. The zero-order chi connectivity index (χ0) is 14.1. The molecule has 4 nitrogen and oxygen atoms in total. The van der Waals surface area contributed by atoms with Crippen molar-refractivity contribution in [3.05, 3.63) is 59.0 Å². The average molecular weight is 271 g/mol. The van der Waals surface area contributed by atoms with Crippen LogP contribution in [0.15, 0.2) is 36.5 Å². The summed E-state index contributed by atoms with van der Waals surface area (Å²) in [5.74, 6) is -1.18. The average Bonchev–Trinajstić information content (AvgIpc) is 2.42.